The van der Waals surface area contributed by atoms with Crippen LogP contribution >= 0.6 is 23.2 Å². The first-order chi connectivity index (χ1) is 12.9. The van der Waals surface area contributed by atoms with Gasteiger partial charge in [-0.1, -0.05) is 16.8 Å². The molecular formula is C16H12Cl2N6O3. The summed E-state index contributed by atoms with van der Waals surface area (Å²) >= 11 is 12.1. The first-order valence-corrected chi connectivity index (χ1v) is 8.52. The molecule has 0 amide bonds. The van der Waals surface area contributed by atoms with Crippen LogP contribution in [-0.4, -0.2) is 28.8 Å². The van der Waals surface area contributed by atoms with Crippen LogP contribution in [0.2, 0.25) is 10.3 Å². The Hall–Kier alpha value is -2.91. The van der Waals surface area contributed by atoms with Gasteiger partial charge in [0.05, 0.1) is 0 Å². The van der Waals surface area contributed by atoms with Gasteiger partial charge >= 0.3 is 5.69 Å². The van der Waals surface area contributed by atoms with Crippen LogP contribution in [0.3, 0.4) is 0 Å². The standard InChI is InChI=1S/C16H12Cl2N6O3/c1-22-13-11(14(25)23(2)16(22)26)24(15(18)20-13)7-10-19-12(21-27-10)8-3-5-9(17)6-4-8/h3-6H,7H2,1-2H3. The molecule has 11 heteroatoms. The predicted octanol–water partition coefficient (Wildman–Crippen LogP) is 1.84. The second kappa shape index (κ2) is 6.36. The Bertz CT molecular complexity index is 1280. The van der Waals surface area contributed by atoms with E-state index in [4.69, 9.17) is 27.7 Å². The quantitative estimate of drug-likeness (QED) is 0.481. The van der Waals surface area contributed by atoms with E-state index in [1.165, 1.54) is 23.2 Å². The van der Waals surface area contributed by atoms with Crippen molar-refractivity contribution in [3.63, 3.8) is 0 Å². The van der Waals surface area contributed by atoms with Gasteiger partial charge in [-0.3, -0.25) is 18.5 Å². The van der Waals surface area contributed by atoms with Gasteiger partial charge in [-0.15, -0.1) is 0 Å². The minimum Gasteiger partial charge on any atom is -0.337 e. The SMILES string of the molecule is Cn1c(=O)c2c(nc(Cl)n2Cc2nc(-c3ccc(Cl)cc3)no2)n(C)c1=O. The highest BCUT2D eigenvalue weighted by Gasteiger charge is 2.20. The van der Waals surface area contributed by atoms with Crippen LogP contribution in [0.25, 0.3) is 22.6 Å². The molecule has 3 heterocycles. The summed E-state index contributed by atoms with van der Waals surface area (Å²) in [5.74, 6) is 0.611. The van der Waals surface area contributed by atoms with E-state index in [0.29, 0.717) is 10.8 Å². The Morgan fingerprint density at radius 3 is 2.44 bits per heavy atom. The fourth-order valence-corrected chi connectivity index (χ4v) is 3.09. The van der Waals surface area contributed by atoms with E-state index in [1.54, 1.807) is 24.3 Å². The summed E-state index contributed by atoms with van der Waals surface area (Å²) in [5, 5.41) is 4.57. The molecule has 27 heavy (non-hydrogen) atoms. The molecule has 9 nitrogen and oxygen atoms in total. The monoisotopic (exact) mass is 406 g/mol. The van der Waals surface area contributed by atoms with E-state index in [9.17, 15) is 9.59 Å². The highest BCUT2D eigenvalue weighted by Crippen LogP contribution is 2.21. The fourth-order valence-electron chi connectivity index (χ4n) is 2.73. The largest absolute Gasteiger partial charge is 0.337 e. The predicted molar refractivity (Wildman–Crippen MR) is 99.1 cm³/mol. The van der Waals surface area contributed by atoms with Crippen LogP contribution in [0.5, 0.6) is 0 Å². The number of fused-ring (bicyclic) bond motifs is 1. The Morgan fingerprint density at radius 2 is 1.74 bits per heavy atom. The molecule has 0 atom stereocenters. The van der Waals surface area contributed by atoms with Gasteiger partial charge in [-0.25, -0.2) is 4.79 Å². The van der Waals surface area contributed by atoms with Gasteiger partial charge < -0.3 is 4.52 Å². The van der Waals surface area contributed by atoms with Crippen molar-refractivity contribution in [3.05, 3.63) is 61.3 Å². The Labute approximate surface area is 161 Å². The third-order valence-corrected chi connectivity index (χ3v) is 4.71. The minimum atomic E-state index is -0.509. The van der Waals surface area contributed by atoms with Gasteiger partial charge in [-0.05, 0) is 35.9 Å². The summed E-state index contributed by atoms with van der Waals surface area (Å²) in [4.78, 5) is 33.0. The molecule has 4 rings (SSSR count). The van der Waals surface area contributed by atoms with Gasteiger partial charge in [0.1, 0.15) is 6.54 Å². The molecule has 0 spiro atoms. The summed E-state index contributed by atoms with van der Waals surface area (Å²) in [7, 11) is 2.91. The molecule has 0 N–H and O–H groups in total. The van der Waals surface area contributed by atoms with Gasteiger partial charge in [0.2, 0.25) is 17.0 Å². The maximum Gasteiger partial charge on any atom is 0.332 e. The lowest BCUT2D eigenvalue weighted by Crippen LogP contribution is -2.37. The maximum absolute atomic E-state index is 12.5. The van der Waals surface area contributed by atoms with Crippen LogP contribution in [-0.2, 0) is 20.6 Å². The molecule has 3 aromatic heterocycles. The summed E-state index contributed by atoms with van der Waals surface area (Å²) < 4.78 is 8.95. The summed E-state index contributed by atoms with van der Waals surface area (Å²) in [6.45, 7) is 0.0311. The molecule has 0 fully saturated rings. The highest BCUT2D eigenvalue weighted by molar-refractivity contribution is 6.30. The zero-order chi connectivity index (χ0) is 19.3. The molecule has 0 radical (unpaired) electrons. The Kier molecular flexibility index (Phi) is 4.12. The van der Waals surface area contributed by atoms with E-state index in [1.807, 2.05) is 0 Å². The van der Waals surface area contributed by atoms with E-state index in [0.717, 1.165) is 10.1 Å². The number of imidazole rings is 1. The van der Waals surface area contributed by atoms with Crippen molar-refractivity contribution in [3.8, 4) is 11.4 Å². The Balaban J connectivity index is 1.79. The lowest BCUT2D eigenvalue weighted by molar-refractivity contribution is 0.372. The van der Waals surface area contributed by atoms with Crippen molar-refractivity contribution in [2.75, 3.05) is 0 Å². The van der Waals surface area contributed by atoms with Crippen LogP contribution in [0, 0.1) is 0 Å². The lowest BCUT2D eigenvalue weighted by atomic mass is 10.2. The van der Waals surface area contributed by atoms with Crippen molar-refractivity contribution in [1.82, 2.24) is 28.8 Å². The van der Waals surface area contributed by atoms with Crippen LogP contribution in [0.1, 0.15) is 5.89 Å². The Morgan fingerprint density at radius 1 is 1.04 bits per heavy atom. The van der Waals surface area contributed by atoms with E-state index < -0.39 is 11.2 Å². The number of halogens is 2. The van der Waals surface area contributed by atoms with E-state index >= 15 is 0 Å². The summed E-state index contributed by atoms with van der Waals surface area (Å²) in [5.41, 5.74) is 0.0947. The second-order valence-electron chi connectivity index (χ2n) is 5.86. The van der Waals surface area contributed by atoms with Gasteiger partial charge in [0, 0.05) is 24.7 Å². The lowest BCUT2D eigenvalue weighted by Gasteiger charge is -2.05. The normalized spacial score (nSPS) is 11.4. The number of aryl methyl sites for hydroxylation is 1. The molecule has 0 saturated heterocycles. The number of nitrogens with zero attached hydrogens (tertiary/aromatic N) is 6. The average molecular weight is 407 g/mol. The third kappa shape index (κ3) is 2.84. The second-order valence-corrected chi connectivity index (χ2v) is 6.64. The first kappa shape index (κ1) is 17.5. The minimum absolute atomic E-state index is 0.0311. The number of hydrogen-bond donors (Lipinski definition) is 0. The molecule has 0 bridgehead atoms. The average Bonchev–Trinajstić information content (AvgIpc) is 3.24. The maximum atomic E-state index is 12.5. The molecular weight excluding hydrogens is 395 g/mol. The van der Waals surface area contributed by atoms with Crippen molar-refractivity contribution in [2.45, 2.75) is 6.54 Å². The zero-order valence-electron chi connectivity index (χ0n) is 14.2. The van der Waals surface area contributed by atoms with Crippen molar-refractivity contribution in [2.24, 2.45) is 14.1 Å². The number of rotatable bonds is 3. The van der Waals surface area contributed by atoms with Crippen molar-refractivity contribution >= 4 is 34.4 Å². The highest BCUT2D eigenvalue weighted by atomic mass is 35.5. The molecule has 0 aliphatic carbocycles. The van der Waals surface area contributed by atoms with Crippen LogP contribution in [0.15, 0.2) is 38.4 Å². The number of benzene rings is 1. The molecule has 4 aromatic rings. The summed E-state index contributed by atoms with van der Waals surface area (Å²) in [6, 6.07) is 6.97. The van der Waals surface area contributed by atoms with Crippen molar-refractivity contribution in [1.29, 1.82) is 0 Å². The van der Waals surface area contributed by atoms with Crippen molar-refractivity contribution < 1.29 is 4.52 Å². The number of hydrogen-bond acceptors (Lipinski definition) is 6. The van der Waals surface area contributed by atoms with Gasteiger partial charge in [-0.2, -0.15) is 9.97 Å². The summed E-state index contributed by atoms with van der Waals surface area (Å²) in [6.07, 6.45) is 0. The first-order valence-electron chi connectivity index (χ1n) is 7.77. The molecule has 0 aliphatic heterocycles. The topological polar surface area (TPSA) is 101 Å². The van der Waals surface area contributed by atoms with Gasteiger partial charge in [0.15, 0.2) is 11.2 Å². The molecule has 138 valence electrons. The van der Waals surface area contributed by atoms with E-state index in [-0.39, 0.29) is 28.9 Å². The molecule has 0 aliphatic rings. The zero-order valence-corrected chi connectivity index (χ0v) is 15.7. The fraction of sp³-hybridized carbons (Fsp3) is 0.188. The van der Waals surface area contributed by atoms with Crippen LogP contribution < -0.4 is 11.2 Å². The van der Waals surface area contributed by atoms with E-state index in [2.05, 4.69) is 15.1 Å². The smallest absolute Gasteiger partial charge is 0.332 e. The number of aromatic nitrogens is 6. The van der Waals surface area contributed by atoms with Gasteiger partial charge in [0.25, 0.3) is 5.56 Å². The molecule has 1 aromatic carbocycles. The third-order valence-electron chi connectivity index (χ3n) is 4.17. The van der Waals surface area contributed by atoms with Crippen LogP contribution in [0.4, 0.5) is 0 Å². The molecule has 0 saturated carbocycles. The molecule has 0 unspecified atom stereocenters.